The van der Waals surface area contributed by atoms with Gasteiger partial charge in [-0.25, -0.2) is 12.7 Å². The van der Waals surface area contributed by atoms with Gasteiger partial charge in [0.2, 0.25) is 15.9 Å². The van der Waals surface area contributed by atoms with Crippen molar-refractivity contribution >= 4 is 15.7 Å². The van der Waals surface area contributed by atoms with Crippen molar-refractivity contribution in [2.75, 3.05) is 18.9 Å². The average Bonchev–Trinajstić information content (AvgIpc) is 2.96. The molecule has 7 nitrogen and oxygen atoms in total. The molecule has 0 saturated heterocycles. The molecule has 0 amide bonds. The molecule has 0 bridgehead atoms. The predicted octanol–water partition coefficient (Wildman–Crippen LogP) is 2.41. The highest BCUT2D eigenvalue weighted by molar-refractivity contribution is 7.89. The normalized spacial score (nSPS) is 11.8. The Balaban J connectivity index is 2.00. The maximum absolute atomic E-state index is 12.4. The minimum absolute atomic E-state index is 0.289. The summed E-state index contributed by atoms with van der Waals surface area (Å²) < 4.78 is 31.1. The monoisotopic (exact) mass is 338 g/mol. The molecule has 0 radical (unpaired) electrons. The molecule has 1 aromatic carbocycles. The number of benzene rings is 1. The van der Waals surface area contributed by atoms with Gasteiger partial charge in [-0.2, -0.15) is 4.98 Å². The first-order valence-corrected chi connectivity index (χ1v) is 8.97. The lowest BCUT2D eigenvalue weighted by Gasteiger charge is -2.17. The zero-order valence-corrected chi connectivity index (χ0v) is 14.4. The summed E-state index contributed by atoms with van der Waals surface area (Å²) in [6.07, 6.45) is 1.80. The summed E-state index contributed by atoms with van der Waals surface area (Å²) in [4.78, 5) is 4.38. The molecule has 0 atom stereocenters. The summed E-state index contributed by atoms with van der Waals surface area (Å²) in [6, 6.07) is 6.66. The van der Waals surface area contributed by atoms with Gasteiger partial charge in [0.05, 0.1) is 11.4 Å². The molecule has 0 spiro atoms. The molecule has 0 aliphatic rings. The van der Waals surface area contributed by atoms with E-state index in [0.717, 1.165) is 18.5 Å². The molecule has 0 saturated carbocycles. The lowest BCUT2D eigenvalue weighted by atomic mass is 10.3. The van der Waals surface area contributed by atoms with E-state index in [1.165, 1.54) is 4.31 Å². The molecule has 0 aliphatic carbocycles. The van der Waals surface area contributed by atoms with Gasteiger partial charge in [0, 0.05) is 26.2 Å². The highest BCUT2D eigenvalue weighted by atomic mass is 32.2. The van der Waals surface area contributed by atoms with Crippen LogP contribution in [-0.2, 0) is 16.6 Å². The molecule has 0 unspecified atom stereocenters. The number of sulfonamides is 1. The van der Waals surface area contributed by atoms with Gasteiger partial charge >= 0.3 is 0 Å². The van der Waals surface area contributed by atoms with E-state index in [1.54, 1.807) is 38.2 Å². The highest BCUT2D eigenvalue weighted by Crippen LogP contribution is 2.18. The van der Waals surface area contributed by atoms with Crippen LogP contribution in [0.25, 0.3) is 0 Å². The van der Waals surface area contributed by atoms with Crippen LogP contribution in [0.15, 0.2) is 33.7 Å². The zero-order valence-electron chi connectivity index (χ0n) is 13.6. The lowest BCUT2D eigenvalue weighted by molar-refractivity contribution is 0.388. The molecule has 1 heterocycles. The van der Waals surface area contributed by atoms with Crippen LogP contribution in [-0.4, -0.2) is 36.5 Å². The molecule has 2 rings (SSSR count). The van der Waals surface area contributed by atoms with Crippen LogP contribution >= 0.6 is 0 Å². The number of hydrogen-bond donors (Lipinski definition) is 1. The van der Waals surface area contributed by atoms with Gasteiger partial charge in [0.15, 0.2) is 5.82 Å². The fraction of sp³-hybridized carbons (Fsp3) is 0.467. The van der Waals surface area contributed by atoms with E-state index < -0.39 is 10.0 Å². The smallest absolute Gasteiger partial charge is 0.242 e. The van der Waals surface area contributed by atoms with E-state index in [2.05, 4.69) is 15.5 Å². The van der Waals surface area contributed by atoms with Crippen LogP contribution in [0.4, 0.5) is 5.69 Å². The topological polar surface area (TPSA) is 88.3 Å². The van der Waals surface area contributed by atoms with E-state index in [-0.39, 0.29) is 4.90 Å². The largest absolute Gasteiger partial charge is 0.378 e. The summed E-state index contributed by atoms with van der Waals surface area (Å²) in [7, 11) is -1.82. The minimum atomic E-state index is -3.43. The number of aromatic nitrogens is 2. The molecule has 1 N–H and O–H groups in total. The van der Waals surface area contributed by atoms with Crippen LogP contribution in [0.3, 0.4) is 0 Å². The van der Waals surface area contributed by atoms with E-state index in [1.807, 2.05) is 6.92 Å². The number of nitrogens with one attached hydrogen (secondary N) is 1. The molecule has 8 heteroatoms. The minimum Gasteiger partial charge on any atom is -0.378 e. The van der Waals surface area contributed by atoms with Crippen LogP contribution in [0, 0.1) is 6.92 Å². The number of nitrogens with zero attached hydrogens (tertiary/aromatic N) is 3. The standard InChI is InChI=1S/C15H22N4O3S/c1-4-5-10-19(3)23(20,21)14-8-6-13(7-9-14)16-11-15-17-12(2)22-18-15/h6-9,16H,4-5,10-11H2,1-3H3. The van der Waals surface area contributed by atoms with Gasteiger partial charge in [-0.05, 0) is 30.7 Å². The van der Waals surface area contributed by atoms with Crippen molar-refractivity contribution in [3.05, 3.63) is 36.0 Å². The number of unbranched alkanes of at least 4 members (excludes halogenated alkanes) is 1. The quantitative estimate of drug-likeness (QED) is 0.795. The zero-order chi connectivity index (χ0) is 16.9. The van der Waals surface area contributed by atoms with Crippen molar-refractivity contribution in [3.63, 3.8) is 0 Å². The van der Waals surface area contributed by atoms with Crippen LogP contribution in [0.2, 0.25) is 0 Å². The van der Waals surface area contributed by atoms with Crippen LogP contribution in [0.5, 0.6) is 0 Å². The third-order valence-electron chi connectivity index (χ3n) is 3.41. The molecular weight excluding hydrogens is 316 g/mol. The average molecular weight is 338 g/mol. The van der Waals surface area contributed by atoms with Gasteiger partial charge < -0.3 is 9.84 Å². The fourth-order valence-electron chi connectivity index (χ4n) is 2.02. The lowest BCUT2D eigenvalue weighted by Crippen LogP contribution is -2.27. The Bertz CT molecular complexity index is 725. The van der Waals surface area contributed by atoms with Crippen LogP contribution in [0.1, 0.15) is 31.5 Å². The number of hydrogen-bond acceptors (Lipinski definition) is 6. The van der Waals surface area contributed by atoms with E-state index >= 15 is 0 Å². The Labute approximate surface area is 136 Å². The maximum Gasteiger partial charge on any atom is 0.242 e. The summed E-state index contributed by atoms with van der Waals surface area (Å²) in [5.74, 6) is 1.07. The molecule has 2 aromatic rings. The van der Waals surface area contributed by atoms with Gasteiger partial charge in [-0.1, -0.05) is 18.5 Å². The number of rotatable bonds is 8. The second kappa shape index (κ2) is 7.56. The third kappa shape index (κ3) is 4.52. The van der Waals surface area contributed by atoms with Crippen LogP contribution < -0.4 is 5.32 Å². The Kier molecular flexibility index (Phi) is 5.73. The molecule has 126 valence electrons. The van der Waals surface area contributed by atoms with Crippen molar-refractivity contribution in [2.45, 2.75) is 38.1 Å². The molecular formula is C15H22N4O3S. The maximum atomic E-state index is 12.4. The summed E-state index contributed by atoms with van der Waals surface area (Å²) in [5.41, 5.74) is 0.794. The Hall–Kier alpha value is -1.93. The molecule has 1 aromatic heterocycles. The van der Waals surface area contributed by atoms with Crippen molar-refractivity contribution in [1.82, 2.24) is 14.4 Å². The van der Waals surface area contributed by atoms with E-state index in [0.29, 0.717) is 24.8 Å². The third-order valence-corrected chi connectivity index (χ3v) is 5.28. The Morgan fingerprint density at radius 1 is 1.26 bits per heavy atom. The highest BCUT2D eigenvalue weighted by Gasteiger charge is 2.19. The Morgan fingerprint density at radius 3 is 2.52 bits per heavy atom. The first kappa shape index (κ1) is 17.4. The van der Waals surface area contributed by atoms with Gasteiger partial charge in [-0.15, -0.1) is 0 Å². The number of anilines is 1. The van der Waals surface area contributed by atoms with Crippen molar-refractivity contribution in [3.8, 4) is 0 Å². The van der Waals surface area contributed by atoms with Gasteiger partial charge in [0.1, 0.15) is 0 Å². The van der Waals surface area contributed by atoms with Gasteiger partial charge in [-0.3, -0.25) is 0 Å². The fourth-order valence-corrected chi connectivity index (χ4v) is 3.23. The summed E-state index contributed by atoms with van der Waals surface area (Å²) in [6.45, 7) is 4.70. The SMILES string of the molecule is CCCCN(C)S(=O)(=O)c1ccc(NCc2noc(C)n2)cc1. The second-order valence-corrected chi connectivity index (χ2v) is 7.33. The summed E-state index contributed by atoms with van der Waals surface area (Å²) >= 11 is 0. The van der Waals surface area contributed by atoms with Crippen molar-refractivity contribution in [2.24, 2.45) is 0 Å². The van der Waals surface area contributed by atoms with Crippen molar-refractivity contribution < 1.29 is 12.9 Å². The van der Waals surface area contributed by atoms with Crippen molar-refractivity contribution in [1.29, 1.82) is 0 Å². The first-order chi connectivity index (χ1) is 10.9. The van der Waals surface area contributed by atoms with Gasteiger partial charge in [0.25, 0.3) is 0 Å². The first-order valence-electron chi connectivity index (χ1n) is 7.53. The molecule has 0 aliphatic heterocycles. The van der Waals surface area contributed by atoms with E-state index in [4.69, 9.17) is 4.52 Å². The molecule has 23 heavy (non-hydrogen) atoms. The Morgan fingerprint density at radius 2 is 1.96 bits per heavy atom. The number of aryl methyl sites for hydroxylation is 1. The second-order valence-electron chi connectivity index (χ2n) is 5.29. The van der Waals surface area contributed by atoms with E-state index in [9.17, 15) is 8.42 Å². The predicted molar refractivity (Wildman–Crippen MR) is 87.5 cm³/mol. The molecule has 0 fully saturated rings. The summed E-state index contributed by atoms with van der Waals surface area (Å²) in [5, 5.41) is 6.91.